The molecule has 0 aliphatic heterocycles. The van der Waals surface area contributed by atoms with Gasteiger partial charge in [0.2, 0.25) is 11.8 Å². The van der Waals surface area contributed by atoms with Crippen molar-refractivity contribution >= 4 is 17.8 Å². The number of methoxy groups -OCH3 is 1. The summed E-state index contributed by atoms with van der Waals surface area (Å²) in [7, 11) is 1.30. The third kappa shape index (κ3) is 5.27. The van der Waals surface area contributed by atoms with Crippen LogP contribution in [0.5, 0.6) is 0 Å². The highest BCUT2D eigenvalue weighted by Gasteiger charge is 2.23. The second-order valence-electron chi connectivity index (χ2n) is 3.13. The zero-order valence-corrected chi connectivity index (χ0v) is 8.80. The van der Waals surface area contributed by atoms with Crippen LogP contribution in [0.3, 0.4) is 0 Å². The van der Waals surface area contributed by atoms with Crippen LogP contribution in [-0.4, -0.2) is 48.7 Å². The third-order valence-electron chi connectivity index (χ3n) is 1.71. The first-order chi connectivity index (χ1) is 7.38. The fourth-order valence-corrected chi connectivity index (χ4v) is 0.930. The molecule has 0 aliphatic rings. The molecule has 0 rings (SSSR count). The van der Waals surface area contributed by atoms with Crippen LogP contribution in [0.1, 0.15) is 6.42 Å². The second kappa shape index (κ2) is 6.75. The topological polar surface area (TPSA) is 145 Å². The first kappa shape index (κ1) is 14.3. The van der Waals surface area contributed by atoms with Crippen molar-refractivity contribution < 1.29 is 24.2 Å². The van der Waals surface area contributed by atoms with Crippen molar-refractivity contribution in [1.82, 2.24) is 5.32 Å². The van der Waals surface area contributed by atoms with E-state index in [1.807, 2.05) is 0 Å². The van der Waals surface area contributed by atoms with Crippen molar-refractivity contribution in [3.63, 3.8) is 0 Å². The van der Waals surface area contributed by atoms with Crippen molar-refractivity contribution in [1.29, 1.82) is 0 Å². The molecule has 2 amide bonds. The highest BCUT2D eigenvalue weighted by Crippen LogP contribution is 1.91. The van der Waals surface area contributed by atoms with Gasteiger partial charge in [-0.25, -0.2) is 4.79 Å². The number of carboxylic acid groups (broad SMARTS) is 1. The molecule has 0 aromatic carbocycles. The second-order valence-corrected chi connectivity index (χ2v) is 3.13. The summed E-state index contributed by atoms with van der Waals surface area (Å²) in [5.41, 5.74) is 10.2. The minimum Gasteiger partial charge on any atom is -0.480 e. The van der Waals surface area contributed by atoms with Gasteiger partial charge in [-0.05, 0) is 0 Å². The van der Waals surface area contributed by atoms with Crippen molar-refractivity contribution in [2.24, 2.45) is 11.5 Å². The Hall–Kier alpha value is -1.67. The number of nitrogens with one attached hydrogen (secondary N) is 1. The molecule has 8 nitrogen and oxygen atoms in total. The van der Waals surface area contributed by atoms with Crippen molar-refractivity contribution in [2.75, 3.05) is 13.7 Å². The molecule has 2 atom stereocenters. The van der Waals surface area contributed by atoms with Gasteiger partial charge in [0.25, 0.3) is 0 Å². The first-order valence-corrected chi connectivity index (χ1v) is 4.44. The summed E-state index contributed by atoms with van der Waals surface area (Å²) in [5, 5.41) is 10.8. The maximum absolute atomic E-state index is 11.3. The number of carbonyl (C=O) groups excluding carboxylic acids is 2. The summed E-state index contributed by atoms with van der Waals surface area (Å²) in [5.74, 6) is -2.74. The summed E-state index contributed by atoms with van der Waals surface area (Å²) >= 11 is 0. The van der Waals surface area contributed by atoms with E-state index < -0.39 is 29.9 Å². The molecule has 6 N–H and O–H groups in total. The molecule has 0 saturated heterocycles. The Labute approximate surface area is 91.9 Å². The third-order valence-corrected chi connectivity index (χ3v) is 1.71. The van der Waals surface area contributed by atoms with Crippen LogP contribution in [0.25, 0.3) is 0 Å². The van der Waals surface area contributed by atoms with Crippen molar-refractivity contribution in [3.05, 3.63) is 0 Å². The number of nitrogens with two attached hydrogens (primary N) is 2. The number of primary amides is 1. The Kier molecular flexibility index (Phi) is 6.04. The van der Waals surface area contributed by atoms with Gasteiger partial charge in [-0.1, -0.05) is 0 Å². The lowest BCUT2D eigenvalue weighted by Gasteiger charge is -2.16. The Bertz CT molecular complexity index is 281. The predicted octanol–water partition coefficient (Wildman–Crippen LogP) is -2.60. The molecule has 0 spiro atoms. The predicted molar refractivity (Wildman–Crippen MR) is 53.2 cm³/mol. The Morgan fingerprint density at radius 1 is 1.44 bits per heavy atom. The molecule has 92 valence electrons. The minimum atomic E-state index is -1.25. The quantitative estimate of drug-likeness (QED) is 0.379. The van der Waals surface area contributed by atoms with Gasteiger partial charge in [0.1, 0.15) is 0 Å². The van der Waals surface area contributed by atoms with E-state index >= 15 is 0 Å². The maximum atomic E-state index is 11.3. The first-order valence-electron chi connectivity index (χ1n) is 4.44. The Morgan fingerprint density at radius 2 is 2.00 bits per heavy atom. The summed E-state index contributed by atoms with van der Waals surface area (Å²) in [6, 6.07) is -2.35. The molecular weight excluding hydrogens is 218 g/mol. The van der Waals surface area contributed by atoms with Crippen LogP contribution in [0.15, 0.2) is 0 Å². The SMILES string of the molecule is COCC(NC(=O)C(N)CC(N)=O)C(=O)O. The molecule has 16 heavy (non-hydrogen) atoms. The number of amides is 2. The Morgan fingerprint density at radius 3 is 2.38 bits per heavy atom. The zero-order chi connectivity index (χ0) is 12.7. The van der Waals surface area contributed by atoms with E-state index in [0.29, 0.717) is 0 Å². The van der Waals surface area contributed by atoms with Gasteiger partial charge in [0, 0.05) is 7.11 Å². The van der Waals surface area contributed by atoms with Crippen molar-refractivity contribution in [2.45, 2.75) is 18.5 Å². The van der Waals surface area contributed by atoms with Crippen LogP contribution in [0, 0.1) is 0 Å². The van der Waals surface area contributed by atoms with E-state index in [0.717, 1.165) is 0 Å². The zero-order valence-electron chi connectivity index (χ0n) is 8.80. The van der Waals surface area contributed by atoms with Gasteiger partial charge in [0.05, 0.1) is 19.1 Å². The standard InChI is InChI=1S/C8H15N3O5/c1-16-3-5(8(14)15)11-7(13)4(9)2-6(10)12/h4-5H,2-3,9H2,1H3,(H2,10,12)(H,11,13)(H,14,15). The lowest BCUT2D eigenvalue weighted by Crippen LogP contribution is -2.51. The maximum Gasteiger partial charge on any atom is 0.328 e. The number of hydrogen-bond donors (Lipinski definition) is 4. The molecule has 0 aromatic heterocycles. The van der Waals surface area contributed by atoms with E-state index in [1.165, 1.54) is 7.11 Å². The van der Waals surface area contributed by atoms with Crippen LogP contribution in [-0.2, 0) is 19.1 Å². The van der Waals surface area contributed by atoms with E-state index in [2.05, 4.69) is 10.1 Å². The highest BCUT2D eigenvalue weighted by molar-refractivity contribution is 5.90. The van der Waals surface area contributed by atoms with Gasteiger partial charge in [-0.15, -0.1) is 0 Å². The molecular formula is C8H15N3O5. The van der Waals surface area contributed by atoms with E-state index in [-0.39, 0.29) is 13.0 Å². The largest absolute Gasteiger partial charge is 0.480 e. The minimum absolute atomic E-state index is 0.190. The van der Waals surface area contributed by atoms with E-state index in [9.17, 15) is 14.4 Å². The van der Waals surface area contributed by atoms with Crippen molar-refractivity contribution in [3.8, 4) is 0 Å². The average molecular weight is 233 g/mol. The summed E-state index contributed by atoms with van der Waals surface area (Å²) in [6.45, 7) is -0.190. The summed E-state index contributed by atoms with van der Waals surface area (Å²) < 4.78 is 4.60. The molecule has 0 aromatic rings. The molecule has 0 fully saturated rings. The van der Waals surface area contributed by atoms with Crippen LogP contribution in [0.2, 0.25) is 0 Å². The van der Waals surface area contributed by atoms with E-state index in [1.54, 1.807) is 0 Å². The average Bonchev–Trinajstić information content (AvgIpc) is 2.15. The lowest BCUT2D eigenvalue weighted by atomic mass is 10.2. The number of rotatable bonds is 7. The molecule has 8 heteroatoms. The van der Waals surface area contributed by atoms with Crippen LogP contribution >= 0.6 is 0 Å². The number of carboxylic acids is 1. The Balaban J connectivity index is 4.28. The molecule has 0 saturated carbocycles. The van der Waals surface area contributed by atoms with Gasteiger partial charge in [0.15, 0.2) is 6.04 Å². The normalized spacial score (nSPS) is 13.9. The van der Waals surface area contributed by atoms with Gasteiger partial charge >= 0.3 is 5.97 Å². The number of aliphatic carboxylic acids is 1. The molecule has 2 unspecified atom stereocenters. The van der Waals surface area contributed by atoms with Crippen LogP contribution < -0.4 is 16.8 Å². The van der Waals surface area contributed by atoms with Crippen LogP contribution in [0.4, 0.5) is 0 Å². The highest BCUT2D eigenvalue weighted by atomic mass is 16.5. The number of carbonyl (C=O) groups is 3. The molecule has 0 aliphatic carbocycles. The summed E-state index contributed by atoms with van der Waals surface area (Å²) in [6.07, 6.45) is -0.342. The van der Waals surface area contributed by atoms with Gasteiger partial charge in [-0.3, -0.25) is 9.59 Å². The fourth-order valence-electron chi connectivity index (χ4n) is 0.930. The van der Waals surface area contributed by atoms with Gasteiger partial charge in [-0.2, -0.15) is 0 Å². The molecule has 0 radical (unpaired) electrons. The molecule has 0 bridgehead atoms. The monoisotopic (exact) mass is 233 g/mol. The van der Waals surface area contributed by atoms with E-state index in [4.69, 9.17) is 16.6 Å². The summed E-state index contributed by atoms with van der Waals surface area (Å²) in [4.78, 5) is 32.4. The molecule has 0 heterocycles. The smallest absolute Gasteiger partial charge is 0.328 e. The lowest BCUT2D eigenvalue weighted by molar-refractivity contribution is -0.143. The number of ether oxygens (including phenoxy) is 1. The number of hydrogen-bond acceptors (Lipinski definition) is 5. The van der Waals surface area contributed by atoms with Gasteiger partial charge < -0.3 is 26.6 Å². The fraction of sp³-hybridized carbons (Fsp3) is 0.625.